The van der Waals surface area contributed by atoms with Crippen molar-refractivity contribution in [3.63, 3.8) is 0 Å². The molecule has 9 heteroatoms. The monoisotopic (exact) mass is 355 g/mol. The summed E-state index contributed by atoms with van der Waals surface area (Å²) in [6.07, 6.45) is 6.85. The average Bonchev–Trinajstić information content (AvgIpc) is 3.06. The third-order valence-electron chi connectivity index (χ3n) is 4.18. The molecule has 1 aliphatic rings. The Balaban J connectivity index is 1.89. The molecule has 26 heavy (non-hydrogen) atoms. The third-order valence-corrected chi connectivity index (χ3v) is 4.18. The molecule has 3 heterocycles. The number of nitrogens with zero attached hydrogens (tertiary/aromatic N) is 3. The lowest BCUT2D eigenvalue weighted by Crippen LogP contribution is -2.35. The summed E-state index contributed by atoms with van der Waals surface area (Å²) < 4.78 is 0. The minimum absolute atomic E-state index is 0.340. The molecule has 0 bridgehead atoms. The first-order chi connectivity index (χ1) is 12.7. The van der Waals surface area contributed by atoms with E-state index in [2.05, 4.69) is 41.4 Å². The second kappa shape index (κ2) is 8.43. The van der Waals surface area contributed by atoms with E-state index >= 15 is 0 Å². The summed E-state index contributed by atoms with van der Waals surface area (Å²) in [4.78, 5) is 9.03. The molecule has 0 amide bonds. The zero-order chi connectivity index (χ0) is 18.4. The fourth-order valence-electron chi connectivity index (χ4n) is 2.87. The van der Waals surface area contributed by atoms with Gasteiger partial charge in [0.05, 0.1) is 0 Å². The van der Waals surface area contributed by atoms with E-state index in [-0.39, 0.29) is 0 Å². The Kier molecular flexibility index (Phi) is 5.80. The van der Waals surface area contributed by atoms with Crippen LogP contribution in [0.1, 0.15) is 24.1 Å². The van der Waals surface area contributed by atoms with Crippen molar-refractivity contribution in [1.82, 2.24) is 30.8 Å². The van der Waals surface area contributed by atoms with Crippen molar-refractivity contribution < 1.29 is 0 Å². The highest BCUT2D eigenvalue weighted by Crippen LogP contribution is 2.24. The van der Waals surface area contributed by atoms with E-state index in [0.29, 0.717) is 29.2 Å². The maximum absolute atomic E-state index is 7.70. The molecule has 0 spiro atoms. The molecule has 1 aliphatic heterocycles. The van der Waals surface area contributed by atoms with Crippen LogP contribution >= 0.6 is 0 Å². The number of hydrogen-bond donors (Lipinski definition) is 6. The first-order valence-electron chi connectivity index (χ1n) is 8.71. The van der Waals surface area contributed by atoms with Crippen LogP contribution in [0.3, 0.4) is 0 Å². The normalized spacial score (nSPS) is 15.5. The zero-order valence-corrected chi connectivity index (χ0v) is 15.1. The SMILES string of the molecule is CN/C=C(\C=N)c1cnc(Nc2cc(C)[nH]n2)nc1NC1CCNCC1. The zero-order valence-electron chi connectivity index (χ0n) is 15.1. The fourth-order valence-corrected chi connectivity index (χ4v) is 2.87. The largest absolute Gasteiger partial charge is 0.393 e. The Morgan fingerprint density at radius 1 is 1.35 bits per heavy atom. The van der Waals surface area contributed by atoms with Gasteiger partial charge in [0.2, 0.25) is 5.95 Å². The van der Waals surface area contributed by atoms with Crippen molar-refractivity contribution in [2.24, 2.45) is 0 Å². The predicted molar refractivity (Wildman–Crippen MR) is 104 cm³/mol. The van der Waals surface area contributed by atoms with Crippen molar-refractivity contribution >= 4 is 29.4 Å². The lowest BCUT2D eigenvalue weighted by Gasteiger charge is -2.25. The van der Waals surface area contributed by atoms with E-state index in [1.807, 2.05) is 13.0 Å². The molecule has 6 N–H and O–H groups in total. The van der Waals surface area contributed by atoms with Crippen LogP contribution in [0.25, 0.3) is 5.57 Å². The van der Waals surface area contributed by atoms with Gasteiger partial charge in [0.15, 0.2) is 5.82 Å². The Morgan fingerprint density at radius 3 is 2.81 bits per heavy atom. The highest BCUT2D eigenvalue weighted by Gasteiger charge is 2.17. The second-order valence-electron chi connectivity index (χ2n) is 6.22. The molecule has 3 rings (SSSR count). The number of piperidine rings is 1. The Bertz CT molecular complexity index is 774. The topological polar surface area (TPSA) is 126 Å². The minimum atomic E-state index is 0.340. The van der Waals surface area contributed by atoms with Crippen molar-refractivity contribution in [3.8, 4) is 0 Å². The van der Waals surface area contributed by atoms with E-state index in [1.165, 1.54) is 6.21 Å². The third kappa shape index (κ3) is 4.37. The van der Waals surface area contributed by atoms with Crippen LogP contribution in [0.5, 0.6) is 0 Å². The molecule has 0 saturated carbocycles. The van der Waals surface area contributed by atoms with Gasteiger partial charge in [0.25, 0.3) is 0 Å². The molecule has 0 unspecified atom stereocenters. The molecule has 0 aliphatic carbocycles. The maximum atomic E-state index is 7.70. The van der Waals surface area contributed by atoms with Gasteiger partial charge in [-0.1, -0.05) is 0 Å². The van der Waals surface area contributed by atoms with Gasteiger partial charge >= 0.3 is 0 Å². The summed E-state index contributed by atoms with van der Waals surface area (Å²) in [5, 5.41) is 27.7. The summed E-state index contributed by atoms with van der Waals surface area (Å²) in [5.74, 6) is 1.85. The smallest absolute Gasteiger partial charge is 0.230 e. The fraction of sp³-hybridized carbons (Fsp3) is 0.412. The number of hydrogen-bond acceptors (Lipinski definition) is 8. The molecule has 2 aromatic rings. The first kappa shape index (κ1) is 17.9. The Hall–Kier alpha value is -2.94. The lowest BCUT2D eigenvalue weighted by atomic mass is 10.1. The van der Waals surface area contributed by atoms with Gasteiger partial charge in [-0.2, -0.15) is 10.1 Å². The summed E-state index contributed by atoms with van der Waals surface area (Å²) in [7, 11) is 1.81. The number of allylic oxidation sites excluding steroid dienone is 1. The number of aromatic nitrogens is 4. The molecule has 2 aromatic heterocycles. The van der Waals surface area contributed by atoms with Crippen LogP contribution in [0, 0.1) is 12.3 Å². The van der Waals surface area contributed by atoms with Crippen molar-refractivity contribution in [1.29, 1.82) is 5.41 Å². The van der Waals surface area contributed by atoms with E-state index in [1.54, 1.807) is 19.4 Å². The van der Waals surface area contributed by atoms with Crippen molar-refractivity contribution in [2.75, 3.05) is 30.8 Å². The lowest BCUT2D eigenvalue weighted by molar-refractivity contribution is 0.478. The van der Waals surface area contributed by atoms with E-state index in [9.17, 15) is 0 Å². The first-order valence-corrected chi connectivity index (χ1v) is 8.71. The molecular formula is C17H25N9. The summed E-state index contributed by atoms with van der Waals surface area (Å²) in [6.45, 7) is 3.91. The van der Waals surface area contributed by atoms with Crippen LogP contribution in [-0.2, 0) is 0 Å². The van der Waals surface area contributed by atoms with Gasteiger partial charge in [-0.15, -0.1) is 0 Å². The number of anilines is 3. The number of H-pyrrole nitrogens is 1. The molecule has 0 atom stereocenters. The number of nitrogens with one attached hydrogen (secondary N) is 6. The van der Waals surface area contributed by atoms with Crippen LogP contribution < -0.4 is 21.3 Å². The molecule has 138 valence electrons. The van der Waals surface area contributed by atoms with E-state index < -0.39 is 0 Å². The minimum Gasteiger partial charge on any atom is -0.393 e. The summed E-state index contributed by atoms with van der Waals surface area (Å²) >= 11 is 0. The average molecular weight is 355 g/mol. The number of rotatable bonds is 7. The second-order valence-corrected chi connectivity index (χ2v) is 6.22. The van der Waals surface area contributed by atoms with Gasteiger partial charge in [-0.25, -0.2) is 4.98 Å². The van der Waals surface area contributed by atoms with Gasteiger partial charge in [-0.3, -0.25) is 5.10 Å². The quantitative estimate of drug-likeness (QED) is 0.417. The van der Waals surface area contributed by atoms with Gasteiger partial charge in [0.1, 0.15) is 5.82 Å². The van der Waals surface area contributed by atoms with Gasteiger partial charge in [-0.05, 0) is 32.9 Å². The van der Waals surface area contributed by atoms with E-state index in [4.69, 9.17) is 5.41 Å². The van der Waals surface area contributed by atoms with Crippen LogP contribution in [0.4, 0.5) is 17.6 Å². The predicted octanol–water partition coefficient (Wildman–Crippen LogP) is 1.63. The molecule has 9 nitrogen and oxygen atoms in total. The van der Waals surface area contributed by atoms with Gasteiger partial charge < -0.3 is 26.7 Å². The Labute approximate surface area is 152 Å². The standard InChI is InChI=1S/C17H25N9/c1-11-7-15(26-25-11)23-17-21-10-14(12(8-18)9-19-2)16(24-17)22-13-3-5-20-6-4-13/h7-10,13,18-20H,3-6H2,1-2H3,(H3,21,22,23,24,25,26)/b12-9+,18-8?. The van der Waals surface area contributed by atoms with Crippen LogP contribution in [0.2, 0.25) is 0 Å². The molecule has 1 saturated heterocycles. The molecular weight excluding hydrogens is 330 g/mol. The molecule has 0 radical (unpaired) electrons. The summed E-state index contributed by atoms with van der Waals surface area (Å²) in [5.41, 5.74) is 2.46. The molecule has 1 fully saturated rings. The van der Waals surface area contributed by atoms with E-state index in [0.717, 1.165) is 37.2 Å². The van der Waals surface area contributed by atoms with Crippen molar-refractivity contribution in [3.05, 3.63) is 29.7 Å². The Morgan fingerprint density at radius 2 is 2.15 bits per heavy atom. The molecule has 0 aromatic carbocycles. The van der Waals surface area contributed by atoms with Crippen LogP contribution in [-0.4, -0.2) is 52.6 Å². The highest BCUT2D eigenvalue weighted by atomic mass is 15.2. The van der Waals surface area contributed by atoms with Crippen LogP contribution in [0.15, 0.2) is 18.5 Å². The number of aromatic amines is 1. The highest BCUT2D eigenvalue weighted by molar-refractivity contribution is 6.10. The van der Waals surface area contributed by atoms with Crippen molar-refractivity contribution in [2.45, 2.75) is 25.8 Å². The number of aryl methyl sites for hydroxylation is 1. The van der Waals surface area contributed by atoms with Gasteiger partial charge in [0, 0.05) is 54.6 Å². The summed E-state index contributed by atoms with van der Waals surface area (Å²) in [6, 6.07) is 2.23. The maximum Gasteiger partial charge on any atom is 0.230 e.